The molecule has 54 valence electrons. The molecule has 0 aromatic rings. The second kappa shape index (κ2) is 5.68. The van der Waals surface area contributed by atoms with Gasteiger partial charge in [-0.15, -0.1) is 0 Å². The third kappa shape index (κ3) is 5.42. The van der Waals surface area contributed by atoms with Crippen LogP contribution in [-0.2, 0) is 0 Å². The van der Waals surface area contributed by atoms with Gasteiger partial charge in [-0.3, -0.25) is 4.39 Å². The number of nitrogens with zero attached hydrogens (tertiary/aromatic N) is 1. The van der Waals surface area contributed by atoms with Crippen molar-refractivity contribution in [1.29, 1.82) is 0 Å². The van der Waals surface area contributed by atoms with Gasteiger partial charge in [0.05, 0.1) is 6.67 Å². The zero-order valence-electron chi connectivity index (χ0n) is 5.01. The lowest BCUT2D eigenvalue weighted by Gasteiger charge is -1.94. The normalized spacial score (nSPS) is 11.9. The molecule has 0 aromatic heterocycles. The average molecular weight is 151 g/mol. The molecule has 0 aromatic carbocycles. The lowest BCUT2D eigenvalue weighted by molar-refractivity contribution is 0.489. The van der Waals surface area contributed by atoms with Crippen molar-refractivity contribution < 1.29 is 4.39 Å². The van der Waals surface area contributed by atoms with Gasteiger partial charge in [-0.2, -0.15) is 5.10 Å². The number of hydrogen-bond donors (Lipinski definition) is 2. The third-order valence-corrected chi connectivity index (χ3v) is 1.55. The number of thioether (sulfide) groups is 1. The molecule has 9 heavy (non-hydrogen) atoms. The molecule has 0 spiro atoms. The number of hydrazone groups is 1. The molecule has 0 bridgehead atoms. The van der Waals surface area contributed by atoms with Crippen molar-refractivity contribution in [1.82, 2.24) is 0 Å². The first-order valence-corrected chi connectivity index (χ1v) is 3.52. The molecule has 0 saturated carbocycles. The van der Waals surface area contributed by atoms with Crippen LogP contribution < -0.4 is 11.6 Å². The fourth-order valence-electron chi connectivity index (χ4n) is 0.269. The summed E-state index contributed by atoms with van der Waals surface area (Å²) in [5, 5.41) is 3.50. The van der Waals surface area contributed by atoms with Crippen LogP contribution in [-0.4, -0.2) is 17.6 Å². The second-order valence-corrected chi connectivity index (χ2v) is 2.47. The van der Waals surface area contributed by atoms with E-state index in [2.05, 4.69) is 5.10 Å². The lowest BCUT2D eigenvalue weighted by atomic mass is 10.6. The molecule has 0 aliphatic carbocycles. The van der Waals surface area contributed by atoms with Crippen LogP contribution in [0.25, 0.3) is 0 Å². The Kier molecular flexibility index (Phi) is 5.40. The minimum absolute atomic E-state index is 0.309. The Hall–Kier alpha value is -0.450. The highest BCUT2D eigenvalue weighted by atomic mass is 32.2. The van der Waals surface area contributed by atoms with E-state index in [1.54, 1.807) is 0 Å². The highest BCUT2D eigenvalue weighted by Gasteiger charge is 1.90. The van der Waals surface area contributed by atoms with Gasteiger partial charge >= 0.3 is 0 Å². The van der Waals surface area contributed by atoms with E-state index in [0.29, 0.717) is 17.3 Å². The molecule has 0 amide bonds. The van der Waals surface area contributed by atoms with E-state index in [0.717, 1.165) is 0 Å². The van der Waals surface area contributed by atoms with Gasteiger partial charge in [0.25, 0.3) is 0 Å². The van der Waals surface area contributed by atoms with Crippen molar-refractivity contribution in [2.24, 2.45) is 16.7 Å². The fourth-order valence-corrected chi connectivity index (χ4v) is 0.806. The summed E-state index contributed by atoms with van der Waals surface area (Å²) in [6.45, 7) is -0.315. The standard InChI is InChI=1S/C4H10FN3S/c5-2-1-3-9-4(6)8-7/h1-3,7H2,(H2,6,8). The highest BCUT2D eigenvalue weighted by molar-refractivity contribution is 8.13. The van der Waals surface area contributed by atoms with E-state index in [-0.39, 0.29) is 6.67 Å². The van der Waals surface area contributed by atoms with Crippen molar-refractivity contribution in [2.45, 2.75) is 6.42 Å². The summed E-state index contributed by atoms with van der Waals surface area (Å²) < 4.78 is 11.4. The van der Waals surface area contributed by atoms with Gasteiger partial charge in [0, 0.05) is 5.75 Å². The van der Waals surface area contributed by atoms with Gasteiger partial charge in [0.15, 0.2) is 5.17 Å². The highest BCUT2D eigenvalue weighted by Crippen LogP contribution is 2.00. The number of nitrogens with two attached hydrogens (primary N) is 2. The number of rotatable bonds is 3. The smallest absolute Gasteiger partial charge is 0.177 e. The summed E-state index contributed by atoms with van der Waals surface area (Å²) in [4.78, 5) is 0. The number of amidine groups is 1. The molecule has 0 rings (SSSR count). The first kappa shape index (κ1) is 8.55. The number of hydrogen-bond acceptors (Lipinski definition) is 3. The van der Waals surface area contributed by atoms with E-state index in [4.69, 9.17) is 11.6 Å². The van der Waals surface area contributed by atoms with Gasteiger partial charge in [-0.1, -0.05) is 11.8 Å². The molecular weight excluding hydrogens is 141 g/mol. The summed E-state index contributed by atoms with van der Waals surface area (Å²) in [6.07, 6.45) is 0.501. The molecule has 0 radical (unpaired) electrons. The first-order chi connectivity index (χ1) is 4.31. The molecular formula is C4H10FN3S. The molecule has 5 heteroatoms. The quantitative estimate of drug-likeness (QED) is 0.200. The lowest BCUT2D eigenvalue weighted by Crippen LogP contribution is -2.09. The van der Waals surface area contributed by atoms with Crippen molar-refractivity contribution in [3.8, 4) is 0 Å². The van der Waals surface area contributed by atoms with Crippen LogP contribution in [0.4, 0.5) is 4.39 Å². The predicted molar refractivity (Wildman–Crippen MR) is 38.9 cm³/mol. The molecule has 0 unspecified atom stereocenters. The molecule has 0 saturated heterocycles. The van der Waals surface area contributed by atoms with E-state index >= 15 is 0 Å². The van der Waals surface area contributed by atoms with Gasteiger partial charge < -0.3 is 11.6 Å². The Bertz CT molecular complexity index is 95.8. The van der Waals surface area contributed by atoms with E-state index in [9.17, 15) is 4.39 Å². The number of alkyl halides is 1. The number of halogens is 1. The van der Waals surface area contributed by atoms with Crippen LogP contribution in [0.5, 0.6) is 0 Å². The summed E-state index contributed by atoms with van der Waals surface area (Å²) in [7, 11) is 0. The topological polar surface area (TPSA) is 64.4 Å². The maximum Gasteiger partial charge on any atom is 0.177 e. The second-order valence-electron chi connectivity index (χ2n) is 1.36. The molecule has 4 N–H and O–H groups in total. The van der Waals surface area contributed by atoms with E-state index in [1.807, 2.05) is 0 Å². The zero-order valence-corrected chi connectivity index (χ0v) is 5.83. The Labute approximate surface area is 57.7 Å². The first-order valence-electron chi connectivity index (χ1n) is 2.53. The van der Waals surface area contributed by atoms with Gasteiger partial charge in [-0.05, 0) is 6.42 Å². The molecule has 0 aliphatic rings. The summed E-state index contributed by atoms with van der Waals surface area (Å²) in [5.41, 5.74) is 5.18. The average Bonchev–Trinajstić information content (AvgIpc) is 1.89. The molecule has 0 heterocycles. The van der Waals surface area contributed by atoms with Crippen molar-refractivity contribution in [3.63, 3.8) is 0 Å². The maximum absolute atomic E-state index is 11.4. The SMILES string of the molecule is NN=C(N)SCCCF. The monoisotopic (exact) mass is 151 g/mol. The molecule has 0 aliphatic heterocycles. The van der Waals surface area contributed by atoms with Gasteiger partial charge in [-0.25, -0.2) is 0 Å². The van der Waals surface area contributed by atoms with E-state index < -0.39 is 0 Å². The maximum atomic E-state index is 11.4. The molecule has 0 fully saturated rings. The van der Waals surface area contributed by atoms with Crippen LogP contribution >= 0.6 is 11.8 Å². The van der Waals surface area contributed by atoms with Crippen LogP contribution in [0.2, 0.25) is 0 Å². The van der Waals surface area contributed by atoms with Crippen LogP contribution in [0.15, 0.2) is 5.10 Å². The van der Waals surface area contributed by atoms with Crippen LogP contribution in [0.3, 0.4) is 0 Å². The Morgan fingerprint density at radius 1 is 1.67 bits per heavy atom. The summed E-state index contributed by atoms with van der Waals surface area (Å²) in [6, 6.07) is 0. The van der Waals surface area contributed by atoms with E-state index in [1.165, 1.54) is 11.8 Å². The molecule has 3 nitrogen and oxygen atoms in total. The third-order valence-electron chi connectivity index (χ3n) is 0.655. The largest absolute Gasteiger partial charge is 0.377 e. The Morgan fingerprint density at radius 3 is 2.78 bits per heavy atom. The fraction of sp³-hybridized carbons (Fsp3) is 0.750. The predicted octanol–water partition coefficient (Wildman–Crippen LogP) is 0.268. The summed E-state index contributed by atoms with van der Waals surface area (Å²) in [5.74, 6) is 5.44. The van der Waals surface area contributed by atoms with Gasteiger partial charge in [0.1, 0.15) is 0 Å². The Morgan fingerprint density at radius 2 is 2.33 bits per heavy atom. The van der Waals surface area contributed by atoms with Crippen molar-refractivity contribution >= 4 is 16.9 Å². The van der Waals surface area contributed by atoms with Crippen molar-refractivity contribution in [3.05, 3.63) is 0 Å². The Balaban J connectivity index is 3.07. The van der Waals surface area contributed by atoms with Crippen molar-refractivity contribution in [2.75, 3.05) is 12.4 Å². The summed E-state index contributed by atoms with van der Waals surface area (Å²) >= 11 is 1.26. The van der Waals surface area contributed by atoms with Crippen LogP contribution in [0, 0.1) is 0 Å². The minimum atomic E-state index is -0.315. The molecule has 0 atom stereocenters. The van der Waals surface area contributed by atoms with Gasteiger partial charge in [0.2, 0.25) is 0 Å². The minimum Gasteiger partial charge on any atom is -0.377 e. The van der Waals surface area contributed by atoms with Crippen LogP contribution in [0.1, 0.15) is 6.42 Å². The zero-order chi connectivity index (χ0) is 7.11.